The first kappa shape index (κ1) is 14.6. The fraction of sp³-hybridized carbons (Fsp3) is 0.812. The first-order valence-electron chi connectivity index (χ1n) is 7.82. The van der Waals surface area contributed by atoms with Crippen molar-refractivity contribution in [2.75, 3.05) is 13.1 Å². The Balaban J connectivity index is 1.74. The maximum atomic E-state index is 4.47. The molecule has 2 rings (SSSR count). The molecule has 0 bridgehead atoms. The zero-order valence-corrected chi connectivity index (χ0v) is 13.0. The number of likely N-dealkylation sites (tertiary alicyclic amines) is 1. The van der Waals surface area contributed by atoms with Crippen LogP contribution in [0, 0.1) is 5.92 Å². The standard InChI is InChI=1S/C16H29N3/c1-13(2)16-11-17-19(12-16)10-7-15-5-8-18(9-6-15)14(3)4/h11-15H,5-10H2,1-4H3. The van der Waals surface area contributed by atoms with Gasteiger partial charge in [0, 0.05) is 18.8 Å². The fourth-order valence-corrected chi connectivity index (χ4v) is 2.87. The van der Waals surface area contributed by atoms with Crippen LogP contribution in [0.5, 0.6) is 0 Å². The topological polar surface area (TPSA) is 21.1 Å². The van der Waals surface area contributed by atoms with Gasteiger partial charge in [0.05, 0.1) is 6.20 Å². The largest absolute Gasteiger partial charge is 0.301 e. The molecule has 0 amide bonds. The number of hydrogen-bond acceptors (Lipinski definition) is 2. The van der Waals surface area contributed by atoms with Crippen molar-refractivity contribution in [1.29, 1.82) is 0 Å². The highest BCUT2D eigenvalue weighted by Gasteiger charge is 2.20. The molecule has 0 unspecified atom stereocenters. The molecule has 0 saturated carbocycles. The van der Waals surface area contributed by atoms with Crippen molar-refractivity contribution in [3.63, 3.8) is 0 Å². The van der Waals surface area contributed by atoms with Gasteiger partial charge in [0.25, 0.3) is 0 Å². The molecular formula is C16H29N3. The zero-order valence-electron chi connectivity index (χ0n) is 13.0. The quantitative estimate of drug-likeness (QED) is 0.810. The molecule has 2 heterocycles. The van der Waals surface area contributed by atoms with Crippen molar-refractivity contribution in [2.24, 2.45) is 5.92 Å². The molecule has 0 aromatic carbocycles. The molecule has 1 fully saturated rings. The maximum Gasteiger partial charge on any atom is 0.0524 e. The summed E-state index contributed by atoms with van der Waals surface area (Å²) in [7, 11) is 0. The maximum absolute atomic E-state index is 4.47. The number of rotatable bonds is 5. The van der Waals surface area contributed by atoms with E-state index in [2.05, 4.69) is 48.6 Å². The molecule has 108 valence electrons. The van der Waals surface area contributed by atoms with Crippen LogP contribution in [-0.4, -0.2) is 33.8 Å². The number of aryl methyl sites for hydroxylation is 1. The molecule has 1 aliphatic heterocycles. The van der Waals surface area contributed by atoms with E-state index in [1.165, 1.54) is 37.9 Å². The molecule has 1 saturated heterocycles. The van der Waals surface area contributed by atoms with E-state index >= 15 is 0 Å². The third-order valence-electron chi connectivity index (χ3n) is 4.47. The van der Waals surface area contributed by atoms with Crippen LogP contribution in [0.15, 0.2) is 12.4 Å². The van der Waals surface area contributed by atoms with E-state index in [9.17, 15) is 0 Å². The second-order valence-electron chi connectivity index (χ2n) is 6.55. The molecule has 3 nitrogen and oxygen atoms in total. The van der Waals surface area contributed by atoms with Gasteiger partial charge in [0.1, 0.15) is 0 Å². The monoisotopic (exact) mass is 263 g/mol. The minimum absolute atomic E-state index is 0.586. The molecule has 1 aromatic heterocycles. The lowest BCUT2D eigenvalue weighted by Gasteiger charge is -2.34. The lowest BCUT2D eigenvalue weighted by atomic mass is 9.93. The van der Waals surface area contributed by atoms with E-state index in [0.29, 0.717) is 12.0 Å². The van der Waals surface area contributed by atoms with Crippen LogP contribution in [0.25, 0.3) is 0 Å². The highest BCUT2D eigenvalue weighted by Crippen LogP contribution is 2.22. The Bertz CT molecular complexity index is 373. The average Bonchev–Trinajstić information content (AvgIpc) is 2.86. The molecule has 1 aromatic rings. The Morgan fingerprint density at radius 2 is 1.89 bits per heavy atom. The Morgan fingerprint density at radius 1 is 1.21 bits per heavy atom. The third kappa shape index (κ3) is 4.07. The molecule has 0 aliphatic carbocycles. The first-order valence-corrected chi connectivity index (χ1v) is 7.82. The van der Waals surface area contributed by atoms with Gasteiger partial charge < -0.3 is 4.90 Å². The highest BCUT2D eigenvalue weighted by molar-refractivity contribution is 5.08. The van der Waals surface area contributed by atoms with Gasteiger partial charge in [-0.1, -0.05) is 13.8 Å². The molecule has 0 radical (unpaired) electrons. The van der Waals surface area contributed by atoms with E-state index in [0.717, 1.165) is 12.5 Å². The van der Waals surface area contributed by atoms with Gasteiger partial charge in [-0.25, -0.2) is 0 Å². The summed E-state index contributed by atoms with van der Waals surface area (Å²) in [5.41, 5.74) is 1.36. The van der Waals surface area contributed by atoms with Crippen LogP contribution >= 0.6 is 0 Å². The van der Waals surface area contributed by atoms with Crippen LogP contribution in [0.1, 0.15) is 58.4 Å². The van der Waals surface area contributed by atoms with Gasteiger partial charge in [-0.15, -0.1) is 0 Å². The lowest BCUT2D eigenvalue weighted by Crippen LogP contribution is -2.38. The smallest absolute Gasteiger partial charge is 0.0524 e. The van der Waals surface area contributed by atoms with E-state index in [4.69, 9.17) is 0 Å². The number of piperidine rings is 1. The van der Waals surface area contributed by atoms with Gasteiger partial charge in [0.2, 0.25) is 0 Å². The van der Waals surface area contributed by atoms with E-state index < -0.39 is 0 Å². The van der Waals surface area contributed by atoms with E-state index in [-0.39, 0.29) is 0 Å². The predicted molar refractivity (Wildman–Crippen MR) is 80.4 cm³/mol. The average molecular weight is 263 g/mol. The van der Waals surface area contributed by atoms with Gasteiger partial charge in [-0.2, -0.15) is 5.10 Å². The Morgan fingerprint density at radius 3 is 2.42 bits per heavy atom. The van der Waals surface area contributed by atoms with Crippen molar-refractivity contribution >= 4 is 0 Å². The molecule has 1 aliphatic rings. The second kappa shape index (κ2) is 6.56. The van der Waals surface area contributed by atoms with Crippen molar-refractivity contribution in [3.05, 3.63) is 18.0 Å². The summed E-state index contributed by atoms with van der Waals surface area (Å²) in [5.74, 6) is 1.48. The summed E-state index contributed by atoms with van der Waals surface area (Å²) in [6.07, 6.45) is 8.23. The van der Waals surface area contributed by atoms with Crippen molar-refractivity contribution in [3.8, 4) is 0 Å². The first-order chi connectivity index (χ1) is 9.06. The van der Waals surface area contributed by atoms with E-state index in [1.807, 2.05) is 6.20 Å². The summed E-state index contributed by atoms with van der Waals surface area (Å²) in [6, 6.07) is 0.709. The Labute approximate surface area is 118 Å². The van der Waals surface area contributed by atoms with E-state index in [1.54, 1.807) is 0 Å². The summed E-state index contributed by atoms with van der Waals surface area (Å²) in [6.45, 7) is 12.7. The van der Waals surface area contributed by atoms with Gasteiger partial charge in [-0.3, -0.25) is 4.68 Å². The normalized spacial score (nSPS) is 18.6. The van der Waals surface area contributed by atoms with Crippen LogP contribution in [0.4, 0.5) is 0 Å². The van der Waals surface area contributed by atoms with Gasteiger partial charge in [0.15, 0.2) is 0 Å². The lowest BCUT2D eigenvalue weighted by molar-refractivity contribution is 0.143. The Hall–Kier alpha value is -0.830. The summed E-state index contributed by atoms with van der Waals surface area (Å²) < 4.78 is 2.13. The minimum atomic E-state index is 0.586. The van der Waals surface area contributed by atoms with Crippen molar-refractivity contribution in [2.45, 2.75) is 65.5 Å². The SMILES string of the molecule is CC(C)c1cnn(CCC2CCN(C(C)C)CC2)c1. The highest BCUT2D eigenvalue weighted by atomic mass is 15.3. The van der Waals surface area contributed by atoms with Crippen LogP contribution < -0.4 is 0 Å². The predicted octanol–water partition coefficient (Wildman–Crippen LogP) is 3.52. The minimum Gasteiger partial charge on any atom is -0.301 e. The van der Waals surface area contributed by atoms with Crippen molar-refractivity contribution < 1.29 is 0 Å². The molecule has 3 heteroatoms. The molecule has 0 spiro atoms. The van der Waals surface area contributed by atoms with Crippen molar-refractivity contribution in [1.82, 2.24) is 14.7 Å². The molecular weight excluding hydrogens is 234 g/mol. The summed E-state index contributed by atoms with van der Waals surface area (Å²) in [5, 5.41) is 4.47. The Kier molecular flexibility index (Phi) is 5.03. The molecule has 0 N–H and O–H groups in total. The number of nitrogens with zero attached hydrogens (tertiary/aromatic N) is 3. The number of aromatic nitrogens is 2. The second-order valence-corrected chi connectivity index (χ2v) is 6.55. The summed E-state index contributed by atoms with van der Waals surface area (Å²) >= 11 is 0. The summed E-state index contributed by atoms with van der Waals surface area (Å²) in [4.78, 5) is 2.60. The van der Waals surface area contributed by atoms with Crippen LogP contribution in [0.2, 0.25) is 0 Å². The van der Waals surface area contributed by atoms with Gasteiger partial charge >= 0.3 is 0 Å². The molecule has 19 heavy (non-hydrogen) atoms. The van der Waals surface area contributed by atoms with Crippen LogP contribution in [0.3, 0.4) is 0 Å². The molecule has 0 atom stereocenters. The zero-order chi connectivity index (χ0) is 13.8. The fourth-order valence-electron chi connectivity index (χ4n) is 2.87. The van der Waals surface area contributed by atoms with Crippen LogP contribution in [-0.2, 0) is 6.54 Å². The third-order valence-corrected chi connectivity index (χ3v) is 4.47. The van der Waals surface area contributed by atoms with Gasteiger partial charge in [-0.05, 0) is 63.6 Å². The number of hydrogen-bond donors (Lipinski definition) is 0.